The largest absolute Gasteiger partial charge is 0.394 e. The highest BCUT2D eigenvalue weighted by molar-refractivity contribution is 6.09. The Labute approximate surface area is 129 Å². The minimum absolute atomic E-state index is 0.250. The molecule has 0 amide bonds. The zero-order chi connectivity index (χ0) is 16.1. The molecule has 1 saturated heterocycles. The second-order valence-corrected chi connectivity index (χ2v) is 5.32. The van der Waals surface area contributed by atoms with Crippen molar-refractivity contribution in [1.82, 2.24) is 24.5 Å². The van der Waals surface area contributed by atoms with Crippen LogP contribution in [-0.4, -0.2) is 64.7 Å². The summed E-state index contributed by atoms with van der Waals surface area (Å²) in [5.41, 5.74) is 6.78. The number of nitrogens with zero attached hydrogens (tertiary/aromatic N) is 5. The van der Waals surface area contributed by atoms with Crippen LogP contribution in [0.5, 0.6) is 0 Å². The van der Waals surface area contributed by atoms with Crippen molar-refractivity contribution in [1.29, 1.82) is 0 Å². The lowest BCUT2D eigenvalue weighted by molar-refractivity contribution is -0.0492. The van der Waals surface area contributed by atoms with Gasteiger partial charge in [-0.15, -0.1) is 0 Å². The summed E-state index contributed by atoms with van der Waals surface area (Å²) in [4.78, 5) is 16.4. The number of hydrogen-bond donors (Lipinski definition) is 4. The molecule has 1 aliphatic heterocycles. The van der Waals surface area contributed by atoms with E-state index < -0.39 is 31.1 Å². The Kier molecular flexibility index (Phi) is 3.13. The standard InChI is InChI=1S/C13H14N6O4/c14-10-7-5-1-15-3-17-11(5)19(12(7)18-4-16-10)13-9(22)8(21)6(2-20)23-13/h1,3-4,6,8-9,13,20-22H,2H2,(H2,14,16,18)/t6-,8+,9+,13+/m0/s1. The van der Waals surface area contributed by atoms with Crippen molar-refractivity contribution < 1.29 is 20.1 Å². The van der Waals surface area contributed by atoms with Gasteiger partial charge in [-0.1, -0.05) is 0 Å². The predicted octanol–water partition coefficient (Wildman–Crippen LogP) is -1.43. The van der Waals surface area contributed by atoms with Crippen LogP contribution >= 0.6 is 0 Å². The smallest absolute Gasteiger partial charge is 0.166 e. The number of aliphatic hydroxyl groups excluding tert-OH is 3. The highest BCUT2D eigenvalue weighted by atomic mass is 16.6. The summed E-state index contributed by atoms with van der Waals surface area (Å²) < 4.78 is 7.12. The average molecular weight is 318 g/mol. The summed E-state index contributed by atoms with van der Waals surface area (Å²) >= 11 is 0. The number of aromatic nitrogens is 5. The maximum absolute atomic E-state index is 10.3. The molecule has 1 aliphatic rings. The van der Waals surface area contributed by atoms with Crippen LogP contribution in [0.4, 0.5) is 5.82 Å². The Morgan fingerprint density at radius 2 is 1.91 bits per heavy atom. The van der Waals surface area contributed by atoms with Gasteiger partial charge in [0.05, 0.1) is 17.4 Å². The molecule has 0 unspecified atom stereocenters. The van der Waals surface area contributed by atoms with Gasteiger partial charge in [0.2, 0.25) is 0 Å². The molecule has 10 nitrogen and oxygen atoms in total. The topological polar surface area (TPSA) is 152 Å². The van der Waals surface area contributed by atoms with Crippen LogP contribution in [0.3, 0.4) is 0 Å². The molecular formula is C13H14N6O4. The summed E-state index contributed by atoms with van der Waals surface area (Å²) in [5.74, 6) is 0.250. The van der Waals surface area contributed by atoms with E-state index in [4.69, 9.17) is 10.5 Å². The lowest BCUT2D eigenvalue weighted by atomic mass is 10.1. The highest BCUT2D eigenvalue weighted by Crippen LogP contribution is 2.37. The summed E-state index contributed by atoms with van der Waals surface area (Å²) in [6, 6.07) is 0. The summed E-state index contributed by atoms with van der Waals surface area (Å²) in [7, 11) is 0. The first-order valence-corrected chi connectivity index (χ1v) is 6.96. The van der Waals surface area contributed by atoms with Gasteiger partial charge in [0, 0.05) is 6.20 Å². The number of aliphatic hydroxyl groups is 3. The lowest BCUT2D eigenvalue weighted by Crippen LogP contribution is -2.33. The first-order chi connectivity index (χ1) is 11.1. The van der Waals surface area contributed by atoms with Gasteiger partial charge < -0.3 is 25.8 Å². The van der Waals surface area contributed by atoms with E-state index in [0.29, 0.717) is 22.1 Å². The number of anilines is 1. The van der Waals surface area contributed by atoms with Crippen molar-refractivity contribution in [3.8, 4) is 0 Å². The van der Waals surface area contributed by atoms with E-state index in [-0.39, 0.29) is 5.82 Å². The predicted molar refractivity (Wildman–Crippen MR) is 78.0 cm³/mol. The number of fused-ring (bicyclic) bond motifs is 3. The summed E-state index contributed by atoms with van der Waals surface area (Å²) in [6.45, 7) is -0.419. The Balaban J connectivity index is 2.01. The van der Waals surface area contributed by atoms with Gasteiger partial charge in [-0.3, -0.25) is 4.57 Å². The quantitative estimate of drug-likeness (QED) is 0.445. The third-order valence-corrected chi connectivity index (χ3v) is 4.05. The molecule has 3 aromatic heterocycles. The fourth-order valence-electron chi connectivity index (χ4n) is 2.96. The van der Waals surface area contributed by atoms with E-state index in [0.717, 1.165) is 0 Å². The van der Waals surface area contributed by atoms with E-state index in [1.165, 1.54) is 17.2 Å². The maximum atomic E-state index is 10.3. The third-order valence-electron chi connectivity index (χ3n) is 4.05. The molecule has 1 fully saturated rings. The second-order valence-electron chi connectivity index (χ2n) is 5.32. The first kappa shape index (κ1) is 14.2. The van der Waals surface area contributed by atoms with Crippen LogP contribution < -0.4 is 5.73 Å². The molecule has 0 radical (unpaired) electrons. The number of hydrogen-bond acceptors (Lipinski definition) is 9. The van der Waals surface area contributed by atoms with Gasteiger partial charge >= 0.3 is 0 Å². The zero-order valence-electron chi connectivity index (χ0n) is 11.8. The van der Waals surface area contributed by atoms with Crippen molar-refractivity contribution in [2.24, 2.45) is 0 Å². The molecular weight excluding hydrogens is 304 g/mol. The average Bonchev–Trinajstić information content (AvgIpc) is 3.04. The second kappa shape index (κ2) is 5.06. The summed E-state index contributed by atoms with van der Waals surface area (Å²) in [6.07, 6.45) is -0.127. The third kappa shape index (κ3) is 1.90. The van der Waals surface area contributed by atoms with Crippen LogP contribution in [0.25, 0.3) is 22.1 Å². The minimum atomic E-state index is -1.25. The van der Waals surface area contributed by atoms with E-state index in [9.17, 15) is 15.3 Å². The van der Waals surface area contributed by atoms with E-state index in [2.05, 4.69) is 19.9 Å². The van der Waals surface area contributed by atoms with Crippen LogP contribution in [-0.2, 0) is 4.74 Å². The molecule has 3 aromatic rings. The molecule has 0 spiro atoms. The van der Waals surface area contributed by atoms with E-state index >= 15 is 0 Å². The Bertz CT molecular complexity index is 883. The Morgan fingerprint density at radius 3 is 2.65 bits per heavy atom. The van der Waals surface area contributed by atoms with Gasteiger partial charge in [-0.05, 0) is 0 Å². The molecule has 0 aromatic carbocycles. The van der Waals surface area contributed by atoms with Crippen LogP contribution in [0.1, 0.15) is 6.23 Å². The molecule has 4 heterocycles. The zero-order valence-corrected chi connectivity index (χ0v) is 11.8. The van der Waals surface area contributed by atoms with Gasteiger partial charge in [0.25, 0.3) is 0 Å². The van der Waals surface area contributed by atoms with Gasteiger partial charge in [-0.2, -0.15) is 0 Å². The maximum Gasteiger partial charge on any atom is 0.166 e. The molecule has 23 heavy (non-hydrogen) atoms. The van der Waals surface area contributed by atoms with E-state index in [1.54, 1.807) is 6.20 Å². The highest BCUT2D eigenvalue weighted by Gasteiger charge is 2.44. The van der Waals surface area contributed by atoms with Crippen LogP contribution in [0.2, 0.25) is 0 Å². The van der Waals surface area contributed by atoms with Crippen LogP contribution in [0.15, 0.2) is 18.9 Å². The Hall–Kier alpha value is -2.40. The van der Waals surface area contributed by atoms with Crippen molar-refractivity contribution in [2.75, 3.05) is 12.3 Å². The molecule has 120 valence electrons. The number of rotatable bonds is 2. The SMILES string of the molecule is Nc1ncnc2c1c1cncnc1n2[C@@H]1O[C@@H](CO)[C@@H](O)[C@H]1O. The van der Waals surface area contributed by atoms with Crippen molar-refractivity contribution in [3.63, 3.8) is 0 Å². The van der Waals surface area contributed by atoms with Crippen molar-refractivity contribution in [2.45, 2.75) is 24.5 Å². The van der Waals surface area contributed by atoms with Gasteiger partial charge in [0.15, 0.2) is 6.23 Å². The molecule has 4 rings (SSSR count). The number of ether oxygens (including phenoxy) is 1. The normalized spacial score (nSPS) is 28.0. The molecule has 0 aliphatic carbocycles. The van der Waals surface area contributed by atoms with Gasteiger partial charge in [0.1, 0.15) is 48.1 Å². The fourth-order valence-corrected chi connectivity index (χ4v) is 2.96. The first-order valence-electron chi connectivity index (χ1n) is 6.96. The molecule has 0 saturated carbocycles. The molecule has 5 N–H and O–H groups in total. The molecule has 10 heteroatoms. The lowest BCUT2D eigenvalue weighted by Gasteiger charge is -2.17. The minimum Gasteiger partial charge on any atom is -0.394 e. The van der Waals surface area contributed by atoms with Crippen molar-refractivity contribution in [3.05, 3.63) is 18.9 Å². The van der Waals surface area contributed by atoms with Gasteiger partial charge in [-0.25, -0.2) is 19.9 Å². The monoisotopic (exact) mass is 318 g/mol. The molecule has 4 atom stereocenters. The Morgan fingerprint density at radius 1 is 1.13 bits per heavy atom. The fraction of sp³-hybridized carbons (Fsp3) is 0.385. The number of nitrogens with two attached hydrogens (primary N) is 1. The summed E-state index contributed by atoms with van der Waals surface area (Å²) in [5, 5.41) is 30.7. The number of nitrogen functional groups attached to an aromatic ring is 1. The molecule has 0 bridgehead atoms. The van der Waals surface area contributed by atoms with Crippen LogP contribution in [0, 0.1) is 0 Å². The van der Waals surface area contributed by atoms with E-state index in [1.807, 2.05) is 0 Å². The van der Waals surface area contributed by atoms with Crippen molar-refractivity contribution >= 4 is 27.9 Å².